The van der Waals surface area contributed by atoms with Crippen molar-refractivity contribution in [2.75, 3.05) is 6.61 Å². The van der Waals surface area contributed by atoms with E-state index < -0.39 is 54.2 Å². The first-order chi connectivity index (χ1) is 10.6. The largest absolute Gasteiger partial charge is 0.456 e. The number of hydrogen-bond acceptors (Lipinski definition) is 9. The topological polar surface area (TPSA) is 125 Å². The Morgan fingerprint density at radius 1 is 1.00 bits per heavy atom. The molecule has 0 aliphatic carbocycles. The molecule has 0 aromatic rings. The summed E-state index contributed by atoms with van der Waals surface area (Å²) >= 11 is 0. The van der Waals surface area contributed by atoms with E-state index in [0.717, 1.165) is 34.3 Å². The lowest BCUT2D eigenvalue weighted by Crippen LogP contribution is -2.66. The van der Waals surface area contributed by atoms with Crippen LogP contribution >= 0.6 is 0 Å². The van der Waals surface area contributed by atoms with E-state index in [4.69, 9.17) is 18.9 Å². The molecule has 1 rings (SSSR count). The van der Waals surface area contributed by atoms with Gasteiger partial charge in [-0.25, -0.2) is 0 Å². The molecule has 0 amide bonds. The number of carbonyl (C=O) groups is 4. The highest BCUT2D eigenvalue weighted by atomic mass is 16.7. The van der Waals surface area contributed by atoms with Gasteiger partial charge in [0.25, 0.3) is 0 Å². The number of Topliss-reactive ketones (excluding diaryl/α,β-unsaturated/α-hetero) is 1. The van der Waals surface area contributed by atoms with Crippen LogP contribution in [0.3, 0.4) is 0 Å². The van der Waals surface area contributed by atoms with Gasteiger partial charge in [0, 0.05) is 20.8 Å². The van der Waals surface area contributed by atoms with Crippen LogP contribution in [-0.2, 0) is 38.1 Å². The van der Waals surface area contributed by atoms with Gasteiger partial charge < -0.3 is 24.1 Å². The van der Waals surface area contributed by atoms with E-state index in [-0.39, 0.29) is 0 Å². The zero-order valence-corrected chi connectivity index (χ0v) is 13.2. The van der Waals surface area contributed by atoms with Gasteiger partial charge in [-0.2, -0.15) is 0 Å². The zero-order chi connectivity index (χ0) is 17.8. The van der Waals surface area contributed by atoms with Crippen LogP contribution in [0, 0.1) is 6.61 Å². The number of ether oxygens (including phenoxy) is 4. The fraction of sp³-hybridized carbons (Fsp3) is 0.643. The molecule has 1 aliphatic heterocycles. The smallest absolute Gasteiger partial charge is 0.303 e. The van der Waals surface area contributed by atoms with Gasteiger partial charge in [-0.3, -0.25) is 19.2 Å². The molecule has 1 radical (unpaired) electrons. The van der Waals surface area contributed by atoms with Gasteiger partial charge in [0.1, 0.15) is 6.61 Å². The van der Waals surface area contributed by atoms with Gasteiger partial charge >= 0.3 is 17.9 Å². The van der Waals surface area contributed by atoms with Crippen LogP contribution in [0.1, 0.15) is 27.7 Å². The molecule has 0 unspecified atom stereocenters. The number of aliphatic hydroxyl groups is 1. The molecule has 1 heterocycles. The number of carbonyl (C=O) groups excluding carboxylic acids is 4. The summed E-state index contributed by atoms with van der Waals surface area (Å²) in [5.41, 5.74) is -1.96. The Morgan fingerprint density at radius 2 is 1.52 bits per heavy atom. The molecule has 1 aliphatic rings. The fourth-order valence-corrected chi connectivity index (χ4v) is 2.24. The molecule has 9 nitrogen and oxygen atoms in total. The number of ketones is 1. The molecule has 1 N–H and O–H groups in total. The highest BCUT2D eigenvalue weighted by molar-refractivity contribution is 5.87. The normalized spacial score (nSPS) is 30.2. The van der Waals surface area contributed by atoms with Crippen molar-refractivity contribution in [2.24, 2.45) is 0 Å². The SMILES string of the molecule is CC(=O)O[C@@H]1[C@@H](OC(C)=O)[CH]O[C@@](CO)(C(C)=O)[C@H]1OC(C)=O. The van der Waals surface area contributed by atoms with Crippen LogP contribution in [-0.4, -0.2) is 59.3 Å². The highest BCUT2D eigenvalue weighted by Gasteiger charge is 2.58. The van der Waals surface area contributed by atoms with Crippen LogP contribution in [0.25, 0.3) is 0 Å². The van der Waals surface area contributed by atoms with Gasteiger partial charge in [0.2, 0.25) is 0 Å². The van der Waals surface area contributed by atoms with Crippen LogP contribution in [0.5, 0.6) is 0 Å². The molecular weight excluding hydrogens is 312 g/mol. The standard InChI is InChI=1S/C14H19O9/c1-7(16)14(6-15)13(23-10(4)19)12(22-9(3)18)11(5-20-14)21-8(2)17/h5,11-13,15H,6H2,1-4H3/t11-,12+,13-,14-/m0/s1. The van der Waals surface area contributed by atoms with Crippen LogP contribution in [0.2, 0.25) is 0 Å². The first-order valence-corrected chi connectivity index (χ1v) is 6.78. The minimum Gasteiger partial charge on any atom is -0.456 e. The van der Waals surface area contributed by atoms with Crippen molar-refractivity contribution in [1.29, 1.82) is 0 Å². The van der Waals surface area contributed by atoms with Crippen molar-refractivity contribution >= 4 is 23.7 Å². The first-order valence-electron chi connectivity index (χ1n) is 6.78. The van der Waals surface area contributed by atoms with E-state index in [9.17, 15) is 24.3 Å². The summed E-state index contributed by atoms with van der Waals surface area (Å²) < 4.78 is 20.3. The number of rotatable bonds is 5. The lowest BCUT2D eigenvalue weighted by molar-refractivity contribution is -0.240. The minimum atomic E-state index is -1.96. The average Bonchev–Trinajstić information content (AvgIpc) is 2.41. The Balaban J connectivity index is 3.29. The van der Waals surface area contributed by atoms with E-state index in [1.54, 1.807) is 0 Å². The van der Waals surface area contributed by atoms with Crippen LogP contribution in [0.15, 0.2) is 0 Å². The second kappa shape index (κ2) is 7.51. The molecule has 1 saturated heterocycles. The quantitative estimate of drug-likeness (QED) is 0.513. The Morgan fingerprint density at radius 3 is 1.91 bits per heavy atom. The predicted octanol–water partition coefficient (Wildman–Crippen LogP) is -0.706. The van der Waals surface area contributed by atoms with E-state index in [1.807, 2.05) is 0 Å². The van der Waals surface area contributed by atoms with Crippen LogP contribution in [0.4, 0.5) is 0 Å². The maximum absolute atomic E-state index is 12.0. The summed E-state index contributed by atoms with van der Waals surface area (Å²) in [6.45, 7) is 4.55. The lowest BCUT2D eigenvalue weighted by atomic mass is 9.84. The Bertz CT molecular complexity index is 500. The van der Waals surface area contributed by atoms with Crippen LogP contribution < -0.4 is 0 Å². The molecule has 0 bridgehead atoms. The molecule has 0 aromatic heterocycles. The van der Waals surface area contributed by atoms with Crippen molar-refractivity contribution < 1.29 is 43.2 Å². The summed E-state index contributed by atoms with van der Waals surface area (Å²) in [5.74, 6) is -2.90. The van der Waals surface area contributed by atoms with Gasteiger partial charge in [-0.15, -0.1) is 0 Å². The van der Waals surface area contributed by atoms with Gasteiger partial charge in [0.05, 0.1) is 6.61 Å². The number of aliphatic hydroxyl groups excluding tert-OH is 1. The van der Waals surface area contributed by atoms with E-state index >= 15 is 0 Å². The second-order valence-corrected chi connectivity index (χ2v) is 5.04. The number of esters is 3. The third-order valence-electron chi connectivity index (χ3n) is 3.22. The molecule has 4 atom stereocenters. The van der Waals surface area contributed by atoms with Gasteiger partial charge in [-0.1, -0.05) is 0 Å². The van der Waals surface area contributed by atoms with Crippen molar-refractivity contribution in [2.45, 2.75) is 51.6 Å². The molecule has 129 valence electrons. The Kier molecular flexibility index (Phi) is 6.22. The molecule has 0 spiro atoms. The van der Waals surface area contributed by atoms with Gasteiger partial charge in [-0.05, 0) is 6.92 Å². The molecule has 9 heteroatoms. The molecule has 0 saturated carbocycles. The van der Waals surface area contributed by atoms with Crippen molar-refractivity contribution in [3.63, 3.8) is 0 Å². The molecule has 0 aromatic carbocycles. The summed E-state index contributed by atoms with van der Waals surface area (Å²) in [5, 5.41) is 9.61. The van der Waals surface area contributed by atoms with Crippen molar-refractivity contribution in [3.8, 4) is 0 Å². The first kappa shape index (κ1) is 19.0. The molecular formula is C14H19O9. The summed E-state index contributed by atoms with van der Waals surface area (Å²) in [7, 11) is 0. The van der Waals surface area contributed by atoms with Crippen molar-refractivity contribution in [3.05, 3.63) is 6.61 Å². The maximum Gasteiger partial charge on any atom is 0.303 e. The van der Waals surface area contributed by atoms with E-state index in [0.29, 0.717) is 0 Å². The molecule has 23 heavy (non-hydrogen) atoms. The molecule has 1 fully saturated rings. The third-order valence-corrected chi connectivity index (χ3v) is 3.22. The summed E-state index contributed by atoms with van der Waals surface area (Å²) in [6, 6.07) is 0. The minimum absolute atomic E-state index is 0.652. The van der Waals surface area contributed by atoms with E-state index in [1.165, 1.54) is 0 Å². The lowest BCUT2D eigenvalue weighted by Gasteiger charge is -2.45. The average molecular weight is 331 g/mol. The van der Waals surface area contributed by atoms with Crippen molar-refractivity contribution in [1.82, 2.24) is 0 Å². The highest BCUT2D eigenvalue weighted by Crippen LogP contribution is 2.34. The number of hydrogen-bond donors (Lipinski definition) is 1. The summed E-state index contributed by atoms with van der Waals surface area (Å²) in [6.07, 6.45) is -4.04. The zero-order valence-electron chi connectivity index (χ0n) is 13.2. The monoisotopic (exact) mass is 331 g/mol. The van der Waals surface area contributed by atoms with Gasteiger partial charge in [0.15, 0.2) is 29.7 Å². The maximum atomic E-state index is 12.0. The fourth-order valence-electron chi connectivity index (χ4n) is 2.24. The Hall–Kier alpha value is -2.00. The van der Waals surface area contributed by atoms with E-state index in [2.05, 4.69) is 0 Å². The Labute approximate surface area is 132 Å². The third kappa shape index (κ3) is 4.26. The second-order valence-electron chi connectivity index (χ2n) is 5.04. The summed E-state index contributed by atoms with van der Waals surface area (Å²) in [4.78, 5) is 45.8. The predicted molar refractivity (Wildman–Crippen MR) is 72.5 cm³/mol.